The predicted molar refractivity (Wildman–Crippen MR) is 99.6 cm³/mol. The largest absolute Gasteiger partial charge is 0.711 e. The summed E-state index contributed by atoms with van der Waals surface area (Å²) in [6, 6.07) is 7.13. The number of carbonyl (C=O) groups is 2. The summed E-state index contributed by atoms with van der Waals surface area (Å²) < 4.78 is 13.9. The normalized spacial score (nSPS) is 18.1. The maximum atomic E-state index is 12.9. The average Bonchev–Trinajstić information content (AvgIpc) is 2.75. The van der Waals surface area contributed by atoms with E-state index in [1.807, 2.05) is 6.92 Å². The summed E-state index contributed by atoms with van der Waals surface area (Å²) in [4.78, 5) is 25.5. The van der Waals surface area contributed by atoms with Gasteiger partial charge in [-0.15, -0.1) is 0 Å². The third-order valence-corrected chi connectivity index (χ3v) is 5.45. The van der Waals surface area contributed by atoms with Crippen molar-refractivity contribution in [2.45, 2.75) is 39.4 Å². The minimum absolute atomic E-state index is 0.283. The van der Waals surface area contributed by atoms with Crippen molar-refractivity contribution in [3.05, 3.63) is 56.7 Å². The summed E-state index contributed by atoms with van der Waals surface area (Å²) in [5.74, 6) is -4.58. The maximum Gasteiger partial charge on any atom is 0.324 e. The third kappa shape index (κ3) is 3.34. The molecule has 1 saturated heterocycles. The second kappa shape index (κ2) is 6.67. The minimum Gasteiger partial charge on any atom is -0.711 e. The lowest BCUT2D eigenvalue weighted by atomic mass is 9.84. The van der Waals surface area contributed by atoms with Crippen LogP contribution in [0.25, 0.3) is 0 Å². The monoisotopic (exact) mass is 436 g/mol. The SMILES string of the molecule is Cc1c(C)[n+]([O-])c([C@@H](c2ccc(Br)cc2)C2C(=O)OC(C)(C)OC2=O)n1C. The maximum absolute atomic E-state index is 12.9. The summed E-state index contributed by atoms with van der Waals surface area (Å²) in [7, 11) is 1.74. The zero-order chi connectivity index (χ0) is 20.1. The van der Waals surface area contributed by atoms with E-state index in [1.165, 1.54) is 13.8 Å². The third-order valence-electron chi connectivity index (χ3n) is 4.92. The lowest BCUT2D eigenvalue weighted by Gasteiger charge is -2.35. The van der Waals surface area contributed by atoms with Gasteiger partial charge in [-0.05, 0) is 17.7 Å². The van der Waals surface area contributed by atoms with Crippen molar-refractivity contribution in [2.24, 2.45) is 13.0 Å². The van der Waals surface area contributed by atoms with Crippen molar-refractivity contribution in [1.82, 2.24) is 4.57 Å². The molecule has 0 unspecified atom stereocenters. The number of esters is 2. The first-order chi connectivity index (χ1) is 12.5. The van der Waals surface area contributed by atoms with Gasteiger partial charge >= 0.3 is 11.9 Å². The summed E-state index contributed by atoms with van der Waals surface area (Å²) in [6.45, 7) is 6.51. The van der Waals surface area contributed by atoms with Crippen molar-refractivity contribution in [3.63, 3.8) is 0 Å². The fraction of sp³-hybridized carbons (Fsp3) is 0.421. The Hall–Kier alpha value is -2.35. The first-order valence-corrected chi connectivity index (χ1v) is 9.29. The van der Waals surface area contributed by atoms with Crippen LogP contribution in [0.4, 0.5) is 0 Å². The summed E-state index contributed by atoms with van der Waals surface area (Å²) in [6.07, 6.45) is 0. The van der Waals surface area contributed by atoms with Gasteiger partial charge in [0.1, 0.15) is 17.3 Å². The molecule has 1 atom stereocenters. The highest BCUT2D eigenvalue weighted by atomic mass is 79.9. The van der Waals surface area contributed by atoms with Crippen molar-refractivity contribution in [1.29, 1.82) is 0 Å². The molecule has 1 fully saturated rings. The number of halogens is 1. The van der Waals surface area contributed by atoms with Crippen molar-refractivity contribution >= 4 is 27.9 Å². The van der Waals surface area contributed by atoms with E-state index in [9.17, 15) is 14.8 Å². The fourth-order valence-corrected chi connectivity index (χ4v) is 3.63. The molecule has 0 radical (unpaired) electrons. The van der Waals surface area contributed by atoms with E-state index in [2.05, 4.69) is 15.9 Å². The van der Waals surface area contributed by atoms with Crippen LogP contribution in [0.1, 0.15) is 42.5 Å². The molecule has 7 nitrogen and oxygen atoms in total. The smallest absolute Gasteiger partial charge is 0.324 e. The van der Waals surface area contributed by atoms with E-state index >= 15 is 0 Å². The van der Waals surface area contributed by atoms with Crippen LogP contribution in [0.5, 0.6) is 0 Å². The molecule has 0 aliphatic carbocycles. The van der Waals surface area contributed by atoms with Crippen LogP contribution < -0.4 is 4.73 Å². The van der Waals surface area contributed by atoms with E-state index < -0.39 is 29.6 Å². The molecule has 0 N–H and O–H groups in total. The number of ether oxygens (including phenoxy) is 2. The number of benzene rings is 1. The highest BCUT2D eigenvalue weighted by molar-refractivity contribution is 9.10. The van der Waals surface area contributed by atoms with E-state index in [4.69, 9.17) is 9.47 Å². The van der Waals surface area contributed by atoms with Gasteiger partial charge in [0.25, 0.3) is 11.6 Å². The Balaban J connectivity index is 2.21. The Morgan fingerprint density at radius 1 is 1.15 bits per heavy atom. The molecule has 8 heteroatoms. The molecule has 27 heavy (non-hydrogen) atoms. The van der Waals surface area contributed by atoms with Crippen LogP contribution in [0.3, 0.4) is 0 Å². The first-order valence-electron chi connectivity index (χ1n) is 8.50. The minimum atomic E-state index is -1.33. The van der Waals surface area contributed by atoms with Crippen LogP contribution >= 0.6 is 15.9 Å². The van der Waals surface area contributed by atoms with Crippen molar-refractivity contribution in [2.75, 3.05) is 0 Å². The Kier molecular flexibility index (Phi) is 4.80. The first kappa shape index (κ1) is 19.4. The summed E-state index contributed by atoms with van der Waals surface area (Å²) >= 11 is 3.37. The quantitative estimate of drug-likeness (QED) is 0.319. The van der Waals surface area contributed by atoms with Crippen LogP contribution in [-0.4, -0.2) is 22.3 Å². The van der Waals surface area contributed by atoms with Crippen molar-refractivity contribution in [3.8, 4) is 0 Å². The van der Waals surface area contributed by atoms with Crippen LogP contribution in [0.2, 0.25) is 0 Å². The molecule has 0 spiro atoms. The Morgan fingerprint density at radius 3 is 2.11 bits per heavy atom. The second-order valence-corrected chi connectivity index (χ2v) is 8.05. The lowest BCUT2D eigenvalue weighted by molar-refractivity contribution is -0.621. The average molecular weight is 437 g/mol. The molecule has 1 aromatic heterocycles. The standard InChI is InChI=1S/C19H21BrN2O5/c1-10-11(2)22(25)16(21(10)5)14(12-6-8-13(20)9-7-12)15-17(23)26-19(3,4)27-18(15)24/h6-9,14-15H,1-5H3/t14-/m0/s1. The van der Waals surface area contributed by atoms with Gasteiger partial charge in [0.15, 0.2) is 5.92 Å². The van der Waals surface area contributed by atoms with Crippen molar-refractivity contribution < 1.29 is 23.8 Å². The predicted octanol–water partition coefficient (Wildman–Crippen LogP) is 2.62. The van der Waals surface area contributed by atoms with Gasteiger partial charge in [-0.25, -0.2) is 9.30 Å². The van der Waals surface area contributed by atoms with E-state index in [-0.39, 0.29) is 5.82 Å². The number of cyclic esters (lactones) is 2. The molecule has 1 aliphatic rings. The van der Waals surface area contributed by atoms with Crippen LogP contribution in [0.15, 0.2) is 28.7 Å². The van der Waals surface area contributed by atoms with Gasteiger partial charge in [0.05, 0.1) is 7.05 Å². The van der Waals surface area contributed by atoms with E-state index in [0.717, 1.165) is 14.9 Å². The Labute approximate surface area is 165 Å². The van der Waals surface area contributed by atoms with Gasteiger partial charge < -0.3 is 14.7 Å². The fourth-order valence-electron chi connectivity index (χ4n) is 3.37. The van der Waals surface area contributed by atoms with E-state index in [1.54, 1.807) is 42.8 Å². The van der Waals surface area contributed by atoms with Crippen LogP contribution in [0, 0.1) is 25.0 Å². The number of nitrogens with zero attached hydrogens (tertiary/aromatic N) is 2. The van der Waals surface area contributed by atoms with Gasteiger partial charge in [-0.1, -0.05) is 28.1 Å². The molecule has 2 aromatic rings. The molecule has 1 aliphatic heterocycles. The highest BCUT2D eigenvalue weighted by Crippen LogP contribution is 2.37. The molecule has 0 amide bonds. The summed E-state index contributed by atoms with van der Waals surface area (Å²) in [5.41, 5.74) is 1.90. The Bertz CT molecular complexity index is 872. The number of rotatable bonds is 3. The highest BCUT2D eigenvalue weighted by Gasteiger charge is 2.51. The number of hydrogen-bond acceptors (Lipinski definition) is 5. The molecular weight excluding hydrogens is 416 g/mol. The number of imidazole rings is 1. The number of hydrogen-bond donors (Lipinski definition) is 0. The topological polar surface area (TPSA) is 84.5 Å². The van der Waals surface area contributed by atoms with Gasteiger partial charge in [-0.2, -0.15) is 0 Å². The van der Waals surface area contributed by atoms with Gasteiger partial charge in [-0.3, -0.25) is 9.59 Å². The lowest BCUT2D eigenvalue weighted by Crippen LogP contribution is -2.50. The van der Waals surface area contributed by atoms with Crippen LogP contribution in [-0.2, 0) is 26.1 Å². The summed E-state index contributed by atoms with van der Waals surface area (Å²) in [5, 5.41) is 12.9. The van der Waals surface area contributed by atoms with Gasteiger partial charge in [0, 0.05) is 32.2 Å². The zero-order valence-corrected chi connectivity index (χ0v) is 17.4. The molecule has 0 bridgehead atoms. The molecule has 1 aromatic carbocycles. The van der Waals surface area contributed by atoms with Gasteiger partial charge in [0.2, 0.25) is 0 Å². The second-order valence-electron chi connectivity index (χ2n) is 7.13. The zero-order valence-electron chi connectivity index (χ0n) is 15.8. The number of carbonyl (C=O) groups excluding carboxylic acids is 2. The molecule has 2 heterocycles. The molecule has 144 valence electrons. The molecular formula is C19H21BrN2O5. The Morgan fingerprint density at radius 2 is 1.67 bits per heavy atom. The molecule has 3 rings (SSSR count). The number of aromatic nitrogens is 2. The van der Waals surface area contributed by atoms with E-state index in [0.29, 0.717) is 11.3 Å². The molecule has 0 saturated carbocycles.